The largest absolute Gasteiger partial charge is 0.310 e. The summed E-state index contributed by atoms with van der Waals surface area (Å²) in [4.78, 5) is 12.9. The van der Waals surface area contributed by atoms with E-state index in [1.807, 2.05) is 31.6 Å². The van der Waals surface area contributed by atoms with E-state index < -0.39 is 0 Å². The van der Waals surface area contributed by atoms with E-state index in [1.54, 1.807) is 0 Å². The van der Waals surface area contributed by atoms with Crippen LogP contribution in [0.15, 0.2) is 40.9 Å². The topological polar surface area (TPSA) is 50.7 Å². The summed E-state index contributed by atoms with van der Waals surface area (Å²) in [5.74, 6) is 0. The van der Waals surface area contributed by atoms with Crippen LogP contribution in [0, 0.1) is 6.92 Å². The normalized spacial score (nSPS) is 10.9. The molecule has 0 unspecified atom stereocenters. The van der Waals surface area contributed by atoms with Crippen molar-refractivity contribution in [1.82, 2.24) is 20.3 Å². The fourth-order valence-corrected chi connectivity index (χ4v) is 2.06. The van der Waals surface area contributed by atoms with Gasteiger partial charge < -0.3 is 5.32 Å². The van der Waals surface area contributed by atoms with E-state index >= 15 is 0 Å². The smallest absolute Gasteiger partial charge is 0.193 e. The Morgan fingerprint density at radius 3 is 2.42 bits per heavy atom. The highest BCUT2D eigenvalue weighted by Crippen LogP contribution is 2.21. The molecule has 0 radical (unpaired) electrons. The molecular weight excluding hydrogens is 256 g/mol. The molecule has 0 atom stereocenters. The second-order valence-electron chi connectivity index (χ2n) is 4.69. The summed E-state index contributed by atoms with van der Waals surface area (Å²) in [5, 5.41) is 5.01. The van der Waals surface area contributed by atoms with E-state index in [9.17, 15) is 0 Å². The number of hydrogen-bond donors (Lipinski definition) is 1. The van der Waals surface area contributed by atoms with E-state index in [4.69, 9.17) is 0 Å². The van der Waals surface area contributed by atoms with Crippen LogP contribution in [0.3, 0.4) is 0 Å². The van der Waals surface area contributed by atoms with Crippen molar-refractivity contribution in [3.63, 3.8) is 0 Å². The summed E-state index contributed by atoms with van der Waals surface area (Å²) >= 11 is 1.48. The molecule has 0 aliphatic carbocycles. The standard InChI is InChI=1S/C14H18N4S/c1-10(2)15-8-12-4-5-13(16-9-12)19-14-17-6-11(3)7-18-14/h4-7,9-10,15H,8H2,1-3H3. The maximum Gasteiger partial charge on any atom is 0.193 e. The van der Waals surface area contributed by atoms with Crippen molar-refractivity contribution in [2.75, 3.05) is 0 Å². The number of pyridine rings is 1. The minimum atomic E-state index is 0.481. The third-order valence-corrected chi connectivity index (χ3v) is 3.31. The predicted octanol–water partition coefficient (Wildman–Crippen LogP) is 2.83. The van der Waals surface area contributed by atoms with E-state index in [1.165, 1.54) is 17.3 Å². The first-order valence-corrected chi connectivity index (χ1v) is 7.10. The lowest BCUT2D eigenvalue weighted by Gasteiger charge is -2.07. The van der Waals surface area contributed by atoms with E-state index in [0.717, 1.165) is 22.3 Å². The van der Waals surface area contributed by atoms with Crippen molar-refractivity contribution in [1.29, 1.82) is 0 Å². The van der Waals surface area contributed by atoms with Crippen molar-refractivity contribution >= 4 is 11.8 Å². The molecule has 5 heteroatoms. The molecule has 0 amide bonds. The maximum atomic E-state index is 4.42. The summed E-state index contributed by atoms with van der Waals surface area (Å²) in [7, 11) is 0. The molecule has 0 aliphatic heterocycles. The molecule has 0 aromatic carbocycles. The quantitative estimate of drug-likeness (QED) is 0.850. The lowest BCUT2D eigenvalue weighted by Crippen LogP contribution is -2.21. The fraction of sp³-hybridized carbons (Fsp3) is 0.357. The van der Waals surface area contributed by atoms with Gasteiger partial charge in [-0.1, -0.05) is 19.9 Å². The Morgan fingerprint density at radius 2 is 1.84 bits per heavy atom. The number of rotatable bonds is 5. The van der Waals surface area contributed by atoms with Crippen LogP contribution in [0.5, 0.6) is 0 Å². The lowest BCUT2D eigenvalue weighted by atomic mass is 10.2. The van der Waals surface area contributed by atoms with Gasteiger partial charge in [-0.05, 0) is 35.9 Å². The van der Waals surface area contributed by atoms with Crippen molar-refractivity contribution in [2.24, 2.45) is 0 Å². The molecule has 4 nitrogen and oxygen atoms in total. The molecule has 2 rings (SSSR count). The average molecular weight is 274 g/mol. The highest BCUT2D eigenvalue weighted by Gasteiger charge is 2.02. The molecule has 0 fully saturated rings. The minimum absolute atomic E-state index is 0.481. The van der Waals surface area contributed by atoms with Gasteiger partial charge in [0.15, 0.2) is 5.16 Å². The summed E-state index contributed by atoms with van der Waals surface area (Å²) in [6.07, 6.45) is 5.53. The molecule has 100 valence electrons. The zero-order valence-electron chi connectivity index (χ0n) is 11.4. The number of hydrogen-bond acceptors (Lipinski definition) is 5. The molecule has 2 heterocycles. The van der Waals surface area contributed by atoms with Crippen LogP contribution in [0.2, 0.25) is 0 Å². The Kier molecular flexibility index (Phi) is 4.87. The van der Waals surface area contributed by atoms with Crippen molar-refractivity contribution < 1.29 is 0 Å². The van der Waals surface area contributed by atoms with E-state index in [0.29, 0.717) is 6.04 Å². The second kappa shape index (κ2) is 6.63. The third-order valence-electron chi connectivity index (χ3n) is 2.47. The summed E-state index contributed by atoms with van der Waals surface area (Å²) < 4.78 is 0. The van der Waals surface area contributed by atoms with Crippen LogP contribution < -0.4 is 5.32 Å². The van der Waals surface area contributed by atoms with Gasteiger partial charge >= 0.3 is 0 Å². The molecule has 0 spiro atoms. The number of nitrogens with zero attached hydrogens (tertiary/aromatic N) is 3. The minimum Gasteiger partial charge on any atom is -0.310 e. The van der Waals surface area contributed by atoms with Crippen molar-refractivity contribution in [3.8, 4) is 0 Å². The highest BCUT2D eigenvalue weighted by atomic mass is 32.2. The molecule has 0 saturated carbocycles. The van der Waals surface area contributed by atoms with Crippen LogP contribution in [0.1, 0.15) is 25.0 Å². The first-order valence-electron chi connectivity index (χ1n) is 6.28. The van der Waals surface area contributed by atoms with Gasteiger partial charge in [0, 0.05) is 31.2 Å². The lowest BCUT2D eigenvalue weighted by molar-refractivity contribution is 0.587. The van der Waals surface area contributed by atoms with Crippen LogP contribution in [-0.2, 0) is 6.54 Å². The zero-order chi connectivity index (χ0) is 13.7. The monoisotopic (exact) mass is 274 g/mol. The van der Waals surface area contributed by atoms with Crippen LogP contribution >= 0.6 is 11.8 Å². The van der Waals surface area contributed by atoms with E-state index in [-0.39, 0.29) is 0 Å². The van der Waals surface area contributed by atoms with Gasteiger partial charge in [-0.15, -0.1) is 0 Å². The molecule has 0 aliphatic rings. The number of aromatic nitrogens is 3. The van der Waals surface area contributed by atoms with Gasteiger partial charge in [0.05, 0.1) is 0 Å². The maximum absolute atomic E-state index is 4.42. The number of aryl methyl sites for hydroxylation is 1. The predicted molar refractivity (Wildman–Crippen MR) is 77.1 cm³/mol. The SMILES string of the molecule is Cc1cnc(Sc2ccc(CNC(C)C)cn2)nc1. The molecule has 1 N–H and O–H groups in total. The van der Waals surface area contributed by atoms with Gasteiger partial charge in [0.1, 0.15) is 5.03 Å². The van der Waals surface area contributed by atoms with Crippen molar-refractivity contribution in [3.05, 3.63) is 41.9 Å². The first kappa shape index (κ1) is 14.0. The zero-order valence-corrected chi connectivity index (χ0v) is 12.2. The van der Waals surface area contributed by atoms with Gasteiger partial charge in [0.2, 0.25) is 0 Å². The molecule has 0 saturated heterocycles. The molecule has 0 bridgehead atoms. The molecule has 2 aromatic rings. The van der Waals surface area contributed by atoms with Gasteiger partial charge in [-0.25, -0.2) is 15.0 Å². The second-order valence-corrected chi connectivity index (χ2v) is 5.67. The Balaban J connectivity index is 1.96. The Morgan fingerprint density at radius 1 is 1.11 bits per heavy atom. The van der Waals surface area contributed by atoms with Crippen LogP contribution in [0.4, 0.5) is 0 Å². The van der Waals surface area contributed by atoms with Gasteiger partial charge in [0.25, 0.3) is 0 Å². The van der Waals surface area contributed by atoms with E-state index in [2.05, 4.69) is 40.2 Å². The average Bonchev–Trinajstić information content (AvgIpc) is 2.40. The Bertz CT molecular complexity index is 508. The molecule has 19 heavy (non-hydrogen) atoms. The fourth-order valence-electron chi connectivity index (χ4n) is 1.42. The molecular formula is C14H18N4S. The van der Waals surface area contributed by atoms with Crippen molar-refractivity contribution in [2.45, 2.75) is 43.5 Å². The summed E-state index contributed by atoms with van der Waals surface area (Å²) in [6, 6.07) is 4.57. The Labute approximate surface area is 118 Å². The van der Waals surface area contributed by atoms with Gasteiger partial charge in [-0.3, -0.25) is 0 Å². The third kappa shape index (κ3) is 4.61. The van der Waals surface area contributed by atoms with Gasteiger partial charge in [-0.2, -0.15) is 0 Å². The summed E-state index contributed by atoms with van der Waals surface area (Å²) in [5.41, 5.74) is 2.25. The number of nitrogens with one attached hydrogen (secondary N) is 1. The highest BCUT2D eigenvalue weighted by molar-refractivity contribution is 7.99. The summed E-state index contributed by atoms with van der Waals surface area (Å²) in [6.45, 7) is 7.08. The van der Waals surface area contributed by atoms with Crippen LogP contribution in [-0.4, -0.2) is 21.0 Å². The first-order chi connectivity index (χ1) is 9.13. The van der Waals surface area contributed by atoms with Crippen LogP contribution in [0.25, 0.3) is 0 Å². The molecule has 2 aromatic heterocycles. The Hall–Kier alpha value is -1.46.